The fourth-order valence-corrected chi connectivity index (χ4v) is 2.14. The van der Waals surface area contributed by atoms with E-state index in [1.165, 1.54) is 5.56 Å². The number of hydrogen-bond donors (Lipinski definition) is 1. The van der Waals surface area contributed by atoms with Crippen molar-refractivity contribution < 1.29 is 9.53 Å². The summed E-state index contributed by atoms with van der Waals surface area (Å²) in [5.74, 6) is 0.922. The van der Waals surface area contributed by atoms with E-state index in [4.69, 9.17) is 4.74 Å². The zero-order chi connectivity index (χ0) is 15.6. The van der Waals surface area contributed by atoms with Crippen molar-refractivity contribution in [3.05, 3.63) is 65.7 Å². The predicted molar refractivity (Wildman–Crippen MR) is 89.6 cm³/mol. The first kappa shape index (κ1) is 16.2. The predicted octanol–water partition coefficient (Wildman–Crippen LogP) is 3.49. The van der Waals surface area contributed by atoms with E-state index in [-0.39, 0.29) is 5.78 Å². The van der Waals surface area contributed by atoms with E-state index in [2.05, 4.69) is 24.4 Å². The molecular weight excluding hydrogens is 274 g/mol. The SMILES string of the molecule is CCCOc1ccc(C(=O)CNCCc2ccccc2)cc1. The van der Waals surface area contributed by atoms with E-state index >= 15 is 0 Å². The third-order valence-electron chi connectivity index (χ3n) is 3.37. The Balaban J connectivity index is 1.72. The zero-order valence-corrected chi connectivity index (χ0v) is 13.0. The smallest absolute Gasteiger partial charge is 0.176 e. The van der Waals surface area contributed by atoms with Crippen molar-refractivity contribution in [2.24, 2.45) is 0 Å². The standard InChI is InChI=1S/C19H23NO2/c1-2-14-22-18-10-8-17(9-11-18)19(21)15-20-13-12-16-6-4-3-5-7-16/h3-11,20H,2,12-15H2,1H3. The number of carbonyl (C=O) groups is 1. The number of rotatable bonds is 9. The summed E-state index contributed by atoms with van der Waals surface area (Å²) in [7, 11) is 0. The Kier molecular flexibility index (Phi) is 6.65. The first-order chi connectivity index (χ1) is 10.8. The molecule has 0 unspecified atom stereocenters. The van der Waals surface area contributed by atoms with E-state index in [1.807, 2.05) is 42.5 Å². The minimum absolute atomic E-state index is 0.107. The number of benzene rings is 2. The summed E-state index contributed by atoms with van der Waals surface area (Å²) in [4.78, 5) is 12.1. The molecular formula is C19H23NO2. The lowest BCUT2D eigenvalue weighted by Crippen LogP contribution is -2.25. The first-order valence-corrected chi connectivity index (χ1v) is 7.80. The van der Waals surface area contributed by atoms with Crippen molar-refractivity contribution >= 4 is 5.78 Å². The van der Waals surface area contributed by atoms with Gasteiger partial charge in [0.1, 0.15) is 5.75 Å². The lowest BCUT2D eigenvalue weighted by atomic mass is 10.1. The number of nitrogens with one attached hydrogen (secondary N) is 1. The van der Waals surface area contributed by atoms with Crippen LogP contribution in [0.5, 0.6) is 5.75 Å². The van der Waals surface area contributed by atoms with Crippen molar-refractivity contribution in [1.82, 2.24) is 5.32 Å². The Morgan fingerprint density at radius 1 is 1.05 bits per heavy atom. The largest absolute Gasteiger partial charge is 0.494 e. The molecule has 0 spiro atoms. The second kappa shape index (κ2) is 9.00. The molecule has 0 bridgehead atoms. The molecule has 0 aliphatic carbocycles. The van der Waals surface area contributed by atoms with Gasteiger partial charge in [0.25, 0.3) is 0 Å². The van der Waals surface area contributed by atoms with Gasteiger partial charge in [0.2, 0.25) is 0 Å². The molecule has 3 nitrogen and oxygen atoms in total. The molecule has 0 atom stereocenters. The van der Waals surface area contributed by atoms with Crippen LogP contribution in [-0.2, 0) is 6.42 Å². The quantitative estimate of drug-likeness (QED) is 0.569. The van der Waals surface area contributed by atoms with Crippen LogP contribution in [0.25, 0.3) is 0 Å². The summed E-state index contributed by atoms with van der Waals surface area (Å²) in [5.41, 5.74) is 2.00. The van der Waals surface area contributed by atoms with Crippen molar-refractivity contribution in [1.29, 1.82) is 0 Å². The van der Waals surface area contributed by atoms with Gasteiger partial charge in [-0.1, -0.05) is 37.3 Å². The number of ketones is 1. The lowest BCUT2D eigenvalue weighted by molar-refractivity contribution is 0.0991. The highest BCUT2D eigenvalue weighted by Gasteiger charge is 2.05. The minimum Gasteiger partial charge on any atom is -0.494 e. The van der Waals surface area contributed by atoms with Crippen LogP contribution in [0.4, 0.5) is 0 Å². The van der Waals surface area contributed by atoms with Gasteiger partial charge in [0.05, 0.1) is 13.2 Å². The highest BCUT2D eigenvalue weighted by atomic mass is 16.5. The second-order valence-corrected chi connectivity index (χ2v) is 5.21. The van der Waals surface area contributed by atoms with E-state index in [1.54, 1.807) is 0 Å². The highest BCUT2D eigenvalue weighted by molar-refractivity contribution is 5.97. The molecule has 0 aliphatic rings. The van der Waals surface area contributed by atoms with Gasteiger partial charge >= 0.3 is 0 Å². The van der Waals surface area contributed by atoms with Crippen LogP contribution < -0.4 is 10.1 Å². The Morgan fingerprint density at radius 2 is 1.77 bits per heavy atom. The van der Waals surface area contributed by atoms with Crippen molar-refractivity contribution in [3.63, 3.8) is 0 Å². The average molecular weight is 297 g/mol. The summed E-state index contributed by atoms with van der Waals surface area (Å²) in [6.07, 6.45) is 1.91. The summed E-state index contributed by atoms with van der Waals surface area (Å²) in [6.45, 7) is 3.93. The maximum Gasteiger partial charge on any atom is 0.176 e. The molecule has 0 amide bonds. The summed E-state index contributed by atoms with van der Waals surface area (Å²) in [5, 5.41) is 3.20. The maximum atomic E-state index is 12.1. The Labute approximate surface area is 132 Å². The summed E-state index contributed by atoms with van der Waals surface area (Å²) < 4.78 is 5.51. The molecule has 0 aliphatic heterocycles. The van der Waals surface area contributed by atoms with Gasteiger partial charge < -0.3 is 10.1 Å². The van der Waals surface area contributed by atoms with E-state index in [9.17, 15) is 4.79 Å². The molecule has 0 saturated heterocycles. The maximum absolute atomic E-state index is 12.1. The van der Waals surface area contributed by atoms with Crippen LogP contribution in [0.3, 0.4) is 0 Å². The normalized spacial score (nSPS) is 10.4. The molecule has 2 aromatic carbocycles. The number of hydrogen-bond acceptors (Lipinski definition) is 3. The molecule has 0 saturated carbocycles. The van der Waals surface area contributed by atoms with Crippen LogP contribution in [-0.4, -0.2) is 25.5 Å². The van der Waals surface area contributed by atoms with Crippen LogP contribution in [0, 0.1) is 0 Å². The minimum atomic E-state index is 0.107. The fraction of sp³-hybridized carbons (Fsp3) is 0.316. The highest BCUT2D eigenvalue weighted by Crippen LogP contribution is 2.12. The van der Waals surface area contributed by atoms with Crippen molar-refractivity contribution in [3.8, 4) is 5.75 Å². The second-order valence-electron chi connectivity index (χ2n) is 5.21. The molecule has 3 heteroatoms. The van der Waals surface area contributed by atoms with Crippen molar-refractivity contribution in [2.75, 3.05) is 19.7 Å². The van der Waals surface area contributed by atoms with Gasteiger partial charge in [0, 0.05) is 5.56 Å². The Bertz CT molecular complexity index is 564. The van der Waals surface area contributed by atoms with Gasteiger partial charge in [0.15, 0.2) is 5.78 Å². The Hall–Kier alpha value is -2.13. The summed E-state index contributed by atoms with van der Waals surface area (Å²) >= 11 is 0. The van der Waals surface area contributed by atoms with Crippen LogP contribution in [0.2, 0.25) is 0 Å². The third-order valence-corrected chi connectivity index (χ3v) is 3.37. The van der Waals surface area contributed by atoms with Gasteiger partial charge in [-0.05, 0) is 49.2 Å². The monoisotopic (exact) mass is 297 g/mol. The Morgan fingerprint density at radius 3 is 2.45 bits per heavy atom. The van der Waals surface area contributed by atoms with E-state index in [0.29, 0.717) is 13.2 Å². The molecule has 22 heavy (non-hydrogen) atoms. The van der Waals surface area contributed by atoms with E-state index in [0.717, 1.165) is 30.7 Å². The third kappa shape index (κ3) is 5.34. The van der Waals surface area contributed by atoms with Gasteiger partial charge in [-0.2, -0.15) is 0 Å². The van der Waals surface area contributed by atoms with Gasteiger partial charge in [-0.25, -0.2) is 0 Å². The van der Waals surface area contributed by atoms with E-state index < -0.39 is 0 Å². The molecule has 2 aromatic rings. The zero-order valence-electron chi connectivity index (χ0n) is 13.0. The molecule has 0 radical (unpaired) electrons. The lowest BCUT2D eigenvalue weighted by Gasteiger charge is -2.07. The topological polar surface area (TPSA) is 38.3 Å². The molecule has 0 aromatic heterocycles. The van der Waals surface area contributed by atoms with Crippen LogP contribution in [0.1, 0.15) is 29.3 Å². The van der Waals surface area contributed by atoms with Crippen molar-refractivity contribution in [2.45, 2.75) is 19.8 Å². The van der Waals surface area contributed by atoms with Crippen LogP contribution >= 0.6 is 0 Å². The fourth-order valence-electron chi connectivity index (χ4n) is 2.14. The summed E-state index contributed by atoms with van der Waals surface area (Å²) in [6, 6.07) is 17.6. The van der Waals surface area contributed by atoms with Crippen LogP contribution in [0.15, 0.2) is 54.6 Å². The first-order valence-electron chi connectivity index (χ1n) is 7.80. The molecule has 1 N–H and O–H groups in total. The van der Waals surface area contributed by atoms with Gasteiger partial charge in [-0.15, -0.1) is 0 Å². The number of ether oxygens (including phenoxy) is 1. The molecule has 2 rings (SSSR count). The van der Waals surface area contributed by atoms with Gasteiger partial charge in [-0.3, -0.25) is 4.79 Å². The number of Topliss-reactive ketones (excluding diaryl/α,β-unsaturated/α-hetero) is 1. The molecule has 0 heterocycles. The molecule has 0 fully saturated rings. The molecule has 116 valence electrons. The average Bonchev–Trinajstić information content (AvgIpc) is 2.58. The number of carbonyl (C=O) groups excluding carboxylic acids is 1.